The van der Waals surface area contributed by atoms with Gasteiger partial charge in [-0.15, -0.1) is 0 Å². The second-order valence-electron chi connectivity index (χ2n) is 6.05. The molecule has 0 saturated heterocycles. The van der Waals surface area contributed by atoms with Crippen LogP contribution in [0, 0.1) is 6.92 Å². The van der Waals surface area contributed by atoms with Crippen LogP contribution in [0.25, 0.3) is 0 Å². The van der Waals surface area contributed by atoms with Crippen LogP contribution in [-0.2, 0) is 10.0 Å². The van der Waals surface area contributed by atoms with Crippen LogP contribution in [0.15, 0.2) is 76.1 Å². The highest BCUT2D eigenvalue weighted by molar-refractivity contribution is 9.10. The summed E-state index contributed by atoms with van der Waals surface area (Å²) in [4.78, 5) is 12.6. The number of carbonyl (C=O) groups excluding carboxylic acids is 1. The molecule has 0 bridgehead atoms. The number of hydrogen-bond acceptors (Lipinski definition) is 3. The molecule has 0 radical (unpaired) electrons. The Hall–Kier alpha value is -2.35. The molecule has 3 aromatic rings. The average molecular weight is 480 g/mol. The van der Waals surface area contributed by atoms with Crippen molar-refractivity contribution in [3.8, 4) is 0 Å². The summed E-state index contributed by atoms with van der Waals surface area (Å²) in [6.45, 7) is 1.88. The van der Waals surface area contributed by atoms with Crippen LogP contribution >= 0.6 is 27.5 Å². The second kappa shape index (κ2) is 8.34. The number of amides is 1. The highest BCUT2D eigenvalue weighted by atomic mass is 79.9. The summed E-state index contributed by atoms with van der Waals surface area (Å²) in [6, 6.07) is 18.0. The van der Waals surface area contributed by atoms with Crippen molar-refractivity contribution in [2.24, 2.45) is 0 Å². The van der Waals surface area contributed by atoms with E-state index in [9.17, 15) is 13.2 Å². The summed E-state index contributed by atoms with van der Waals surface area (Å²) >= 11 is 9.58. The first kappa shape index (κ1) is 20.4. The largest absolute Gasteiger partial charge is 0.321 e. The van der Waals surface area contributed by atoms with E-state index in [0.717, 1.165) is 10.0 Å². The summed E-state index contributed by atoms with van der Waals surface area (Å²) in [5, 5.41) is 2.89. The summed E-state index contributed by atoms with van der Waals surface area (Å²) in [5.41, 5.74) is 2.06. The minimum absolute atomic E-state index is 0.133. The van der Waals surface area contributed by atoms with Gasteiger partial charge in [0, 0.05) is 4.47 Å². The number of hydrogen-bond donors (Lipinski definition) is 2. The molecular formula is C20H16BrClN2O3S. The number of halogens is 2. The summed E-state index contributed by atoms with van der Waals surface area (Å²) in [6.07, 6.45) is 0. The fourth-order valence-electron chi connectivity index (χ4n) is 2.45. The van der Waals surface area contributed by atoms with Crippen LogP contribution in [-0.4, -0.2) is 14.3 Å². The number of para-hydroxylation sites is 1. The summed E-state index contributed by atoms with van der Waals surface area (Å²) < 4.78 is 28.2. The highest BCUT2D eigenvalue weighted by Gasteiger charge is 2.17. The lowest BCUT2D eigenvalue weighted by Gasteiger charge is -2.11. The highest BCUT2D eigenvalue weighted by Crippen LogP contribution is 2.26. The molecule has 3 rings (SSSR count). The number of aryl methyl sites for hydroxylation is 1. The first-order valence-electron chi connectivity index (χ1n) is 8.21. The number of rotatable bonds is 5. The van der Waals surface area contributed by atoms with Crippen molar-refractivity contribution in [2.75, 3.05) is 10.0 Å². The molecule has 0 aromatic heterocycles. The zero-order chi connectivity index (χ0) is 20.3. The third kappa shape index (κ3) is 4.73. The minimum atomic E-state index is -3.75. The second-order valence-corrected chi connectivity index (χ2v) is 8.99. The molecule has 0 atom stereocenters. The molecule has 0 aliphatic rings. The molecule has 3 aromatic carbocycles. The quantitative estimate of drug-likeness (QED) is 0.510. The van der Waals surface area contributed by atoms with Gasteiger partial charge in [-0.1, -0.05) is 41.4 Å². The van der Waals surface area contributed by atoms with E-state index >= 15 is 0 Å². The van der Waals surface area contributed by atoms with E-state index in [4.69, 9.17) is 11.6 Å². The topological polar surface area (TPSA) is 75.3 Å². The fraction of sp³-hybridized carbons (Fsp3) is 0.0500. The first-order chi connectivity index (χ1) is 13.3. The van der Waals surface area contributed by atoms with Crippen molar-refractivity contribution in [3.63, 3.8) is 0 Å². The molecule has 0 saturated carbocycles. The molecule has 2 N–H and O–H groups in total. The monoisotopic (exact) mass is 478 g/mol. The predicted octanol–water partition coefficient (Wildman–Crippen LogP) is 5.46. The van der Waals surface area contributed by atoms with Gasteiger partial charge in [-0.3, -0.25) is 9.52 Å². The zero-order valence-electron chi connectivity index (χ0n) is 14.7. The zero-order valence-corrected chi connectivity index (χ0v) is 17.9. The average Bonchev–Trinajstić information content (AvgIpc) is 2.63. The van der Waals surface area contributed by atoms with Crippen LogP contribution in [0.2, 0.25) is 5.02 Å². The first-order valence-corrected chi connectivity index (χ1v) is 10.9. The summed E-state index contributed by atoms with van der Waals surface area (Å²) in [7, 11) is -3.75. The Morgan fingerprint density at radius 2 is 1.68 bits per heavy atom. The summed E-state index contributed by atoms with van der Waals surface area (Å²) in [5.74, 6) is -0.398. The molecule has 0 spiro atoms. The smallest absolute Gasteiger partial charge is 0.261 e. The standard InChI is InChI=1S/C20H16BrClN2O3S/c1-13-6-9-15(10-7-13)28(26,27)24-14-8-11-16(18(22)12-14)20(25)23-19-5-3-2-4-17(19)21/h2-12,24H,1H3,(H,23,25). The lowest BCUT2D eigenvalue weighted by atomic mass is 10.2. The Labute approximate surface area is 176 Å². The third-order valence-corrected chi connectivity index (χ3v) is 6.32. The number of nitrogens with one attached hydrogen (secondary N) is 2. The van der Waals surface area contributed by atoms with E-state index in [0.29, 0.717) is 5.69 Å². The molecule has 0 fully saturated rings. The van der Waals surface area contributed by atoms with E-state index in [1.54, 1.807) is 30.3 Å². The number of benzene rings is 3. The van der Waals surface area contributed by atoms with Crippen molar-refractivity contribution >= 4 is 54.8 Å². The minimum Gasteiger partial charge on any atom is -0.321 e. The molecule has 0 aliphatic heterocycles. The Balaban J connectivity index is 1.79. The number of sulfonamides is 1. The maximum atomic E-state index is 12.5. The number of carbonyl (C=O) groups is 1. The van der Waals surface area contributed by atoms with Crippen LogP contribution in [0.5, 0.6) is 0 Å². The van der Waals surface area contributed by atoms with Crippen molar-refractivity contribution < 1.29 is 13.2 Å². The molecule has 0 aliphatic carbocycles. The Morgan fingerprint density at radius 3 is 2.32 bits per heavy atom. The van der Waals surface area contributed by atoms with Crippen LogP contribution in [0.4, 0.5) is 11.4 Å². The van der Waals surface area contributed by atoms with E-state index in [-0.39, 0.29) is 21.2 Å². The van der Waals surface area contributed by atoms with Crippen LogP contribution < -0.4 is 10.0 Å². The van der Waals surface area contributed by atoms with Gasteiger partial charge in [0.05, 0.1) is 26.9 Å². The molecule has 8 heteroatoms. The Bertz CT molecular complexity index is 1130. The van der Waals surface area contributed by atoms with Gasteiger partial charge in [0.15, 0.2) is 0 Å². The Morgan fingerprint density at radius 1 is 1.00 bits per heavy atom. The van der Waals surface area contributed by atoms with Gasteiger partial charge in [-0.25, -0.2) is 8.42 Å². The maximum Gasteiger partial charge on any atom is 0.261 e. The van der Waals surface area contributed by atoms with Crippen molar-refractivity contribution in [1.82, 2.24) is 0 Å². The Kier molecular flexibility index (Phi) is 6.07. The lowest BCUT2D eigenvalue weighted by molar-refractivity contribution is 0.102. The molecule has 1 amide bonds. The molecule has 28 heavy (non-hydrogen) atoms. The SMILES string of the molecule is Cc1ccc(S(=O)(=O)Nc2ccc(C(=O)Nc3ccccc3Br)c(Cl)c2)cc1. The lowest BCUT2D eigenvalue weighted by Crippen LogP contribution is -2.15. The normalized spacial score (nSPS) is 11.1. The molecule has 5 nitrogen and oxygen atoms in total. The third-order valence-electron chi connectivity index (χ3n) is 3.92. The molecule has 0 heterocycles. The van der Waals surface area contributed by atoms with Gasteiger partial charge in [0.25, 0.3) is 15.9 Å². The molecule has 0 unspecified atom stereocenters. The van der Waals surface area contributed by atoms with E-state index in [1.165, 1.54) is 30.3 Å². The van der Waals surface area contributed by atoms with Crippen LogP contribution in [0.3, 0.4) is 0 Å². The van der Waals surface area contributed by atoms with E-state index in [2.05, 4.69) is 26.0 Å². The van der Waals surface area contributed by atoms with Gasteiger partial charge < -0.3 is 5.32 Å². The van der Waals surface area contributed by atoms with E-state index < -0.39 is 15.9 Å². The predicted molar refractivity (Wildman–Crippen MR) is 116 cm³/mol. The van der Waals surface area contributed by atoms with Crippen molar-refractivity contribution in [3.05, 3.63) is 87.4 Å². The number of anilines is 2. The molecular weight excluding hydrogens is 464 g/mol. The van der Waals surface area contributed by atoms with Crippen LogP contribution in [0.1, 0.15) is 15.9 Å². The van der Waals surface area contributed by atoms with E-state index in [1.807, 2.05) is 13.0 Å². The fourth-order valence-corrected chi connectivity index (χ4v) is 4.15. The van der Waals surface area contributed by atoms with Gasteiger partial charge in [0.1, 0.15) is 0 Å². The maximum absolute atomic E-state index is 12.5. The van der Waals surface area contributed by atoms with Crippen molar-refractivity contribution in [1.29, 1.82) is 0 Å². The van der Waals surface area contributed by atoms with Gasteiger partial charge >= 0.3 is 0 Å². The van der Waals surface area contributed by atoms with Gasteiger partial charge in [0.2, 0.25) is 0 Å². The van der Waals surface area contributed by atoms with Gasteiger partial charge in [-0.05, 0) is 65.3 Å². The molecule has 144 valence electrons. The van der Waals surface area contributed by atoms with Gasteiger partial charge in [-0.2, -0.15) is 0 Å². The van der Waals surface area contributed by atoms with Crippen molar-refractivity contribution in [2.45, 2.75) is 11.8 Å².